The predicted octanol–water partition coefficient (Wildman–Crippen LogP) is 2.45. The van der Waals surface area contributed by atoms with Crippen LogP contribution in [0.5, 0.6) is 5.75 Å². The van der Waals surface area contributed by atoms with Crippen LogP contribution in [0, 0.1) is 0 Å². The highest BCUT2D eigenvalue weighted by molar-refractivity contribution is 7.09. The SMILES string of the molecule is CCC(Nc1c(Nc2cccc(C(=O)N(C)C)c2O)c(=O)c1=O)c1nccs1. The largest absolute Gasteiger partial charge is 0.505 e. The highest BCUT2D eigenvalue weighted by Crippen LogP contribution is 2.33. The van der Waals surface area contributed by atoms with Gasteiger partial charge in [0.2, 0.25) is 0 Å². The normalized spacial score (nSPS) is 12.0. The Balaban J connectivity index is 1.90. The van der Waals surface area contributed by atoms with Gasteiger partial charge in [-0.15, -0.1) is 11.3 Å². The van der Waals surface area contributed by atoms with Crippen molar-refractivity contribution in [3.63, 3.8) is 0 Å². The molecule has 0 saturated heterocycles. The number of aromatic nitrogens is 1. The number of nitrogens with one attached hydrogen (secondary N) is 2. The molecule has 0 radical (unpaired) electrons. The first-order valence-electron chi connectivity index (χ1n) is 8.65. The summed E-state index contributed by atoms with van der Waals surface area (Å²) in [4.78, 5) is 41.9. The highest BCUT2D eigenvalue weighted by Gasteiger charge is 2.26. The Morgan fingerprint density at radius 3 is 2.57 bits per heavy atom. The van der Waals surface area contributed by atoms with Gasteiger partial charge in [0.25, 0.3) is 16.8 Å². The van der Waals surface area contributed by atoms with Gasteiger partial charge < -0.3 is 20.6 Å². The van der Waals surface area contributed by atoms with Crippen molar-refractivity contribution in [1.82, 2.24) is 9.88 Å². The Hall–Kier alpha value is -3.20. The van der Waals surface area contributed by atoms with Crippen molar-refractivity contribution in [3.8, 4) is 5.75 Å². The molecular weight excluding hydrogens is 380 g/mol. The molecule has 146 valence electrons. The third kappa shape index (κ3) is 3.48. The lowest BCUT2D eigenvalue weighted by atomic mass is 10.1. The fourth-order valence-electron chi connectivity index (χ4n) is 2.76. The number of amides is 1. The lowest BCUT2D eigenvalue weighted by molar-refractivity contribution is 0.0824. The zero-order valence-corrected chi connectivity index (χ0v) is 16.5. The summed E-state index contributed by atoms with van der Waals surface area (Å²) >= 11 is 1.45. The van der Waals surface area contributed by atoms with Crippen LogP contribution in [0.4, 0.5) is 17.1 Å². The summed E-state index contributed by atoms with van der Waals surface area (Å²) < 4.78 is 0. The number of nitrogens with zero attached hydrogens (tertiary/aromatic N) is 2. The first kappa shape index (κ1) is 19.6. The number of phenolic OH excluding ortho intramolecular Hbond substituents is 1. The van der Waals surface area contributed by atoms with Gasteiger partial charge in [0, 0.05) is 25.7 Å². The number of hydrogen-bond donors (Lipinski definition) is 3. The van der Waals surface area contributed by atoms with Gasteiger partial charge in [0.05, 0.1) is 17.3 Å². The number of hydrogen-bond acceptors (Lipinski definition) is 8. The van der Waals surface area contributed by atoms with E-state index in [1.165, 1.54) is 28.4 Å². The minimum Gasteiger partial charge on any atom is -0.505 e. The van der Waals surface area contributed by atoms with E-state index >= 15 is 0 Å². The number of anilines is 3. The first-order chi connectivity index (χ1) is 13.3. The Labute approximate surface area is 165 Å². The number of carbonyl (C=O) groups excluding carboxylic acids is 1. The second kappa shape index (κ2) is 7.81. The van der Waals surface area contributed by atoms with Crippen LogP contribution in [-0.4, -0.2) is 35.0 Å². The molecule has 0 aliphatic rings. The summed E-state index contributed by atoms with van der Waals surface area (Å²) in [6, 6.07) is 4.39. The van der Waals surface area contributed by atoms with E-state index in [0.717, 1.165) is 5.01 Å². The van der Waals surface area contributed by atoms with Crippen molar-refractivity contribution in [2.75, 3.05) is 24.7 Å². The van der Waals surface area contributed by atoms with Gasteiger partial charge in [-0.1, -0.05) is 13.0 Å². The lowest BCUT2D eigenvalue weighted by Gasteiger charge is -2.21. The Morgan fingerprint density at radius 2 is 1.96 bits per heavy atom. The first-order valence-corrected chi connectivity index (χ1v) is 9.53. The van der Waals surface area contributed by atoms with Crippen molar-refractivity contribution in [2.24, 2.45) is 0 Å². The molecule has 0 aliphatic carbocycles. The maximum atomic E-state index is 12.2. The van der Waals surface area contributed by atoms with E-state index in [2.05, 4.69) is 15.6 Å². The molecule has 1 aromatic heterocycles. The van der Waals surface area contributed by atoms with Crippen LogP contribution in [0.1, 0.15) is 34.8 Å². The molecule has 3 rings (SSSR count). The average Bonchev–Trinajstić information content (AvgIpc) is 3.22. The number of aromatic hydroxyl groups is 1. The van der Waals surface area contributed by atoms with Crippen molar-refractivity contribution >= 4 is 34.3 Å². The summed E-state index contributed by atoms with van der Waals surface area (Å²) in [6.45, 7) is 1.94. The smallest absolute Gasteiger partial charge is 0.257 e. The van der Waals surface area contributed by atoms with Crippen molar-refractivity contribution in [2.45, 2.75) is 19.4 Å². The summed E-state index contributed by atoms with van der Waals surface area (Å²) in [6.07, 6.45) is 2.35. The molecule has 28 heavy (non-hydrogen) atoms. The van der Waals surface area contributed by atoms with Crippen LogP contribution in [0.3, 0.4) is 0 Å². The summed E-state index contributed by atoms with van der Waals surface area (Å²) in [5.74, 6) is -0.661. The summed E-state index contributed by atoms with van der Waals surface area (Å²) in [5.41, 5.74) is -0.833. The van der Waals surface area contributed by atoms with Crippen molar-refractivity contribution in [3.05, 3.63) is 60.8 Å². The van der Waals surface area contributed by atoms with E-state index < -0.39 is 10.9 Å². The molecule has 8 nitrogen and oxygen atoms in total. The van der Waals surface area contributed by atoms with Crippen LogP contribution in [0.25, 0.3) is 0 Å². The summed E-state index contributed by atoms with van der Waals surface area (Å²) in [5, 5.41) is 18.9. The second-order valence-corrected chi connectivity index (χ2v) is 7.34. The lowest BCUT2D eigenvalue weighted by Crippen LogP contribution is -2.37. The number of para-hydroxylation sites is 1. The third-order valence-corrected chi connectivity index (χ3v) is 5.21. The maximum absolute atomic E-state index is 12.2. The monoisotopic (exact) mass is 400 g/mol. The van der Waals surface area contributed by atoms with Crippen LogP contribution in [-0.2, 0) is 0 Å². The average molecular weight is 400 g/mol. The molecule has 0 spiro atoms. The summed E-state index contributed by atoms with van der Waals surface area (Å²) in [7, 11) is 3.15. The minimum absolute atomic E-state index is 0.0600. The van der Waals surface area contributed by atoms with Crippen LogP contribution in [0.2, 0.25) is 0 Å². The fraction of sp³-hybridized carbons (Fsp3) is 0.263. The molecule has 9 heteroatoms. The zero-order valence-electron chi connectivity index (χ0n) is 15.6. The third-order valence-electron chi connectivity index (χ3n) is 4.32. The van der Waals surface area contributed by atoms with Crippen LogP contribution < -0.4 is 21.5 Å². The van der Waals surface area contributed by atoms with E-state index in [0.29, 0.717) is 6.42 Å². The number of phenols is 1. The molecule has 0 aliphatic heterocycles. The molecule has 0 bridgehead atoms. The topological polar surface area (TPSA) is 112 Å². The van der Waals surface area contributed by atoms with Gasteiger partial charge in [-0.05, 0) is 18.6 Å². The Bertz CT molecular complexity index is 1070. The molecule has 0 saturated carbocycles. The van der Waals surface area contributed by atoms with Crippen molar-refractivity contribution in [1.29, 1.82) is 0 Å². The van der Waals surface area contributed by atoms with E-state index in [4.69, 9.17) is 0 Å². The second-order valence-electron chi connectivity index (χ2n) is 6.41. The minimum atomic E-state index is -0.680. The molecule has 3 N–H and O–H groups in total. The standard InChI is InChI=1S/C19H20N4O4S/c1-4-11(18-20-8-9-28-18)21-13-14(17(26)16(13)25)22-12-7-5-6-10(15(12)24)19(27)23(2)3/h5-9,11,21-22,24H,4H2,1-3H3. The molecule has 1 heterocycles. The molecule has 1 atom stereocenters. The van der Waals surface area contributed by atoms with E-state index in [1.54, 1.807) is 26.4 Å². The predicted molar refractivity (Wildman–Crippen MR) is 110 cm³/mol. The van der Waals surface area contributed by atoms with Gasteiger partial charge in [-0.2, -0.15) is 0 Å². The highest BCUT2D eigenvalue weighted by atomic mass is 32.1. The molecule has 1 amide bonds. The molecule has 0 fully saturated rings. The van der Waals surface area contributed by atoms with E-state index in [9.17, 15) is 19.5 Å². The van der Waals surface area contributed by atoms with Gasteiger partial charge in [-0.3, -0.25) is 14.4 Å². The van der Waals surface area contributed by atoms with E-state index in [-0.39, 0.29) is 40.3 Å². The zero-order chi connectivity index (χ0) is 20.4. The number of benzene rings is 1. The van der Waals surface area contributed by atoms with E-state index in [1.807, 2.05) is 12.3 Å². The van der Waals surface area contributed by atoms with Gasteiger partial charge in [0.15, 0.2) is 5.75 Å². The quantitative estimate of drug-likeness (QED) is 0.412. The van der Waals surface area contributed by atoms with Crippen LogP contribution >= 0.6 is 11.3 Å². The van der Waals surface area contributed by atoms with Gasteiger partial charge >= 0.3 is 0 Å². The molecular formula is C19H20N4O4S. The number of rotatable bonds is 7. The molecule has 2 aromatic carbocycles. The number of carbonyl (C=O) groups is 1. The number of thiazole rings is 1. The van der Waals surface area contributed by atoms with Crippen LogP contribution in [0.15, 0.2) is 39.4 Å². The maximum Gasteiger partial charge on any atom is 0.257 e. The Kier molecular flexibility index (Phi) is 5.46. The van der Waals surface area contributed by atoms with Gasteiger partial charge in [-0.25, -0.2) is 4.98 Å². The van der Waals surface area contributed by atoms with Crippen molar-refractivity contribution < 1.29 is 9.90 Å². The fourth-order valence-corrected chi connectivity index (χ4v) is 3.53. The molecule has 1 unspecified atom stereocenters. The molecule has 3 aromatic rings. The Morgan fingerprint density at radius 1 is 1.25 bits per heavy atom. The van der Waals surface area contributed by atoms with Gasteiger partial charge in [0.1, 0.15) is 16.4 Å².